The first kappa shape index (κ1) is 13.4. The summed E-state index contributed by atoms with van der Waals surface area (Å²) >= 11 is 0. The van der Waals surface area contributed by atoms with Gasteiger partial charge in [0.15, 0.2) is 0 Å². The molecule has 0 saturated carbocycles. The number of aromatic nitrogens is 2. The lowest BCUT2D eigenvalue weighted by Gasteiger charge is -2.18. The first-order valence-corrected chi connectivity index (χ1v) is 6.24. The number of nitrogens with two attached hydrogens (primary N) is 1. The summed E-state index contributed by atoms with van der Waals surface area (Å²) in [5, 5.41) is 2.82. The number of carbonyl (C=O) groups is 1. The maximum absolute atomic E-state index is 12.1. The summed E-state index contributed by atoms with van der Waals surface area (Å²) in [6, 6.07) is 5.21. The predicted octanol–water partition coefficient (Wildman–Crippen LogP) is 1.03. The van der Waals surface area contributed by atoms with Gasteiger partial charge in [-0.15, -0.1) is 0 Å². The smallest absolute Gasteiger partial charge is 0.323 e. The molecule has 1 heterocycles. The van der Waals surface area contributed by atoms with Crippen LogP contribution in [0.3, 0.4) is 0 Å². The number of anilines is 1. The molecule has 0 spiro atoms. The summed E-state index contributed by atoms with van der Waals surface area (Å²) < 4.78 is 0. The molecule has 0 saturated heterocycles. The molecule has 1 atom stereocenters. The molecule has 0 aliphatic carbocycles. The minimum absolute atomic E-state index is 0.102. The number of benzene rings is 1. The van der Waals surface area contributed by atoms with Gasteiger partial charge >= 0.3 is 5.69 Å². The zero-order chi connectivity index (χ0) is 14.0. The van der Waals surface area contributed by atoms with E-state index in [0.29, 0.717) is 23.3 Å². The van der Waals surface area contributed by atoms with E-state index in [9.17, 15) is 9.59 Å². The molecule has 1 aromatic carbocycles. The predicted molar refractivity (Wildman–Crippen MR) is 74.9 cm³/mol. The van der Waals surface area contributed by atoms with E-state index in [4.69, 9.17) is 5.73 Å². The molecule has 0 bridgehead atoms. The summed E-state index contributed by atoms with van der Waals surface area (Å²) in [5.74, 6) is -0.142. The third kappa shape index (κ3) is 2.85. The van der Waals surface area contributed by atoms with E-state index >= 15 is 0 Å². The average Bonchev–Trinajstić information content (AvgIpc) is 2.68. The Kier molecular flexibility index (Phi) is 3.71. The molecule has 1 aromatic heterocycles. The van der Waals surface area contributed by atoms with Crippen molar-refractivity contribution in [1.29, 1.82) is 0 Å². The fraction of sp³-hybridized carbons (Fsp3) is 0.385. The van der Waals surface area contributed by atoms with E-state index in [1.807, 2.05) is 13.8 Å². The van der Waals surface area contributed by atoms with Gasteiger partial charge in [0, 0.05) is 12.2 Å². The number of rotatable bonds is 4. The van der Waals surface area contributed by atoms with Crippen molar-refractivity contribution < 1.29 is 4.79 Å². The molecule has 19 heavy (non-hydrogen) atoms. The molecule has 1 unspecified atom stereocenters. The van der Waals surface area contributed by atoms with Gasteiger partial charge in [-0.05, 0) is 24.1 Å². The molecule has 6 nitrogen and oxygen atoms in total. The van der Waals surface area contributed by atoms with Crippen molar-refractivity contribution in [2.45, 2.75) is 13.8 Å². The quantitative estimate of drug-likeness (QED) is 0.661. The van der Waals surface area contributed by atoms with Crippen LogP contribution in [0.25, 0.3) is 11.0 Å². The van der Waals surface area contributed by atoms with Crippen LogP contribution in [0, 0.1) is 11.8 Å². The molecular formula is C13H18N4O2. The fourth-order valence-corrected chi connectivity index (χ4v) is 2.03. The first-order valence-electron chi connectivity index (χ1n) is 6.24. The second kappa shape index (κ2) is 5.27. The molecule has 0 fully saturated rings. The van der Waals surface area contributed by atoms with Crippen molar-refractivity contribution in [2.75, 3.05) is 11.9 Å². The summed E-state index contributed by atoms with van der Waals surface area (Å²) in [6.45, 7) is 4.24. The zero-order valence-electron chi connectivity index (χ0n) is 11.0. The van der Waals surface area contributed by atoms with Crippen molar-refractivity contribution >= 4 is 22.6 Å². The lowest BCUT2D eigenvalue weighted by molar-refractivity contribution is -0.120. The fourth-order valence-electron chi connectivity index (χ4n) is 2.03. The van der Waals surface area contributed by atoms with Crippen LogP contribution in [0.4, 0.5) is 5.69 Å². The number of fused-ring (bicyclic) bond motifs is 1. The van der Waals surface area contributed by atoms with Crippen molar-refractivity contribution in [2.24, 2.45) is 17.6 Å². The third-order valence-electron chi connectivity index (χ3n) is 3.18. The van der Waals surface area contributed by atoms with Gasteiger partial charge in [-0.2, -0.15) is 0 Å². The Hall–Kier alpha value is -2.08. The molecule has 0 radical (unpaired) electrons. The third-order valence-corrected chi connectivity index (χ3v) is 3.18. The Morgan fingerprint density at radius 1 is 1.32 bits per heavy atom. The number of carbonyl (C=O) groups excluding carboxylic acids is 1. The number of H-pyrrole nitrogens is 2. The van der Waals surface area contributed by atoms with Crippen LogP contribution in [0.1, 0.15) is 13.8 Å². The number of nitrogens with one attached hydrogen (secondary N) is 3. The van der Waals surface area contributed by atoms with Gasteiger partial charge in [0.1, 0.15) is 0 Å². The molecule has 2 aromatic rings. The Morgan fingerprint density at radius 2 is 2.00 bits per heavy atom. The molecule has 102 valence electrons. The Morgan fingerprint density at radius 3 is 2.63 bits per heavy atom. The minimum Gasteiger partial charge on any atom is -0.330 e. The maximum atomic E-state index is 12.1. The highest BCUT2D eigenvalue weighted by Crippen LogP contribution is 2.17. The van der Waals surface area contributed by atoms with Gasteiger partial charge in [0.05, 0.1) is 17.0 Å². The van der Waals surface area contributed by atoms with E-state index in [1.54, 1.807) is 18.2 Å². The molecule has 2 rings (SSSR count). The van der Waals surface area contributed by atoms with Gasteiger partial charge < -0.3 is 21.0 Å². The van der Waals surface area contributed by atoms with Gasteiger partial charge in [-0.3, -0.25) is 4.79 Å². The van der Waals surface area contributed by atoms with E-state index in [2.05, 4.69) is 15.3 Å². The molecule has 1 amide bonds. The van der Waals surface area contributed by atoms with E-state index in [1.165, 1.54) is 0 Å². The summed E-state index contributed by atoms with van der Waals surface area (Å²) in [5.41, 5.74) is 7.36. The van der Waals surface area contributed by atoms with Crippen molar-refractivity contribution in [3.8, 4) is 0 Å². The highest BCUT2D eigenvalue weighted by atomic mass is 16.2. The van der Waals surface area contributed by atoms with Crippen molar-refractivity contribution in [1.82, 2.24) is 9.97 Å². The SMILES string of the molecule is CC(C)C(CN)C(=O)Nc1ccc2[nH]c(=O)[nH]c2c1. The van der Waals surface area contributed by atoms with Crippen molar-refractivity contribution in [3.05, 3.63) is 28.7 Å². The molecular weight excluding hydrogens is 244 g/mol. The van der Waals surface area contributed by atoms with Crippen LogP contribution in [-0.4, -0.2) is 22.4 Å². The lowest BCUT2D eigenvalue weighted by Crippen LogP contribution is -2.33. The standard InChI is InChI=1S/C13H18N4O2/c1-7(2)9(6-14)12(18)15-8-3-4-10-11(5-8)17-13(19)16-10/h3-5,7,9H,6,14H2,1-2H3,(H,15,18)(H2,16,17,19). The Bertz CT molecular complexity index is 641. The Labute approximate surface area is 110 Å². The first-order chi connectivity index (χ1) is 9.01. The van der Waals surface area contributed by atoms with E-state index < -0.39 is 0 Å². The van der Waals surface area contributed by atoms with Crippen LogP contribution in [0.15, 0.2) is 23.0 Å². The van der Waals surface area contributed by atoms with Gasteiger partial charge in [0.25, 0.3) is 0 Å². The largest absolute Gasteiger partial charge is 0.330 e. The summed E-state index contributed by atoms with van der Waals surface area (Å²) in [6.07, 6.45) is 0. The Balaban J connectivity index is 2.21. The topological polar surface area (TPSA) is 104 Å². The lowest BCUT2D eigenvalue weighted by atomic mass is 9.95. The average molecular weight is 262 g/mol. The molecule has 6 heteroatoms. The number of hydrogen-bond acceptors (Lipinski definition) is 3. The van der Waals surface area contributed by atoms with Crippen molar-refractivity contribution in [3.63, 3.8) is 0 Å². The maximum Gasteiger partial charge on any atom is 0.323 e. The van der Waals surface area contributed by atoms with E-state index in [-0.39, 0.29) is 23.4 Å². The van der Waals surface area contributed by atoms with Gasteiger partial charge in [0.2, 0.25) is 5.91 Å². The van der Waals surface area contributed by atoms with Crippen LogP contribution < -0.4 is 16.7 Å². The van der Waals surface area contributed by atoms with E-state index in [0.717, 1.165) is 0 Å². The summed E-state index contributed by atoms with van der Waals surface area (Å²) in [7, 11) is 0. The monoisotopic (exact) mass is 262 g/mol. The molecule has 5 N–H and O–H groups in total. The minimum atomic E-state index is -0.263. The number of amides is 1. The number of imidazole rings is 1. The van der Waals surface area contributed by atoms with Crippen LogP contribution in [0.5, 0.6) is 0 Å². The van der Waals surface area contributed by atoms with Crippen LogP contribution >= 0.6 is 0 Å². The van der Waals surface area contributed by atoms with Gasteiger partial charge in [-0.1, -0.05) is 13.8 Å². The zero-order valence-corrected chi connectivity index (χ0v) is 11.0. The normalized spacial score (nSPS) is 12.8. The number of hydrogen-bond donors (Lipinski definition) is 4. The van der Waals surface area contributed by atoms with Gasteiger partial charge in [-0.25, -0.2) is 4.79 Å². The second-order valence-corrected chi connectivity index (χ2v) is 4.91. The second-order valence-electron chi connectivity index (χ2n) is 4.91. The highest BCUT2D eigenvalue weighted by Gasteiger charge is 2.20. The summed E-state index contributed by atoms with van der Waals surface area (Å²) in [4.78, 5) is 28.5. The molecule has 0 aliphatic heterocycles. The van der Waals surface area contributed by atoms with Crippen LogP contribution in [-0.2, 0) is 4.79 Å². The number of aromatic amines is 2. The van der Waals surface area contributed by atoms with Crippen LogP contribution in [0.2, 0.25) is 0 Å². The highest BCUT2D eigenvalue weighted by molar-refractivity contribution is 5.94. The molecule has 0 aliphatic rings.